The van der Waals surface area contributed by atoms with Gasteiger partial charge >= 0.3 is 0 Å². The summed E-state index contributed by atoms with van der Waals surface area (Å²) in [5.74, 6) is -0.297. The topological polar surface area (TPSA) is 30.3 Å². The van der Waals surface area contributed by atoms with Crippen molar-refractivity contribution in [3.63, 3.8) is 0 Å². The summed E-state index contributed by atoms with van der Waals surface area (Å²) in [6.07, 6.45) is 0. The molecule has 0 unspecified atom stereocenters. The lowest BCUT2D eigenvalue weighted by atomic mass is 10.2. The molecule has 17 heavy (non-hydrogen) atoms. The van der Waals surface area contributed by atoms with E-state index in [0.717, 1.165) is 32.7 Å². The van der Waals surface area contributed by atoms with Crippen molar-refractivity contribution in [2.75, 3.05) is 37.6 Å². The summed E-state index contributed by atoms with van der Waals surface area (Å²) in [6, 6.07) is 6.63. The van der Waals surface area contributed by atoms with Crippen LogP contribution in [-0.4, -0.2) is 37.6 Å². The lowest BCUT2D eigenvalue weighted by Gasteiger charge is -2.35. The molecule has 1 aliphatic rings. The maximum Gasteiger partial charge on any atom is 0.147 e. The molecule has 1 aromatic carbocycles. The number of likely N-dealkylation sites (N-methyl/N-ethyl adjacent to an activating group) is 1. The van der Waals surface area contributed by atoms with Gasteiger partial charge in [0.05, 0.1) is 17.3 Å². The Morgan fingerprint density at radius 1 is 1.29 bits per heavy atom. The van der Waals surface area contributed by atoms with Crippen molar-refractivity contribution in [3.05, 3.63) is 29.6 Å². The first-order valence-corrected chi connectivity index (χ1v) is 5.91. The Balaban J connectivity index is 2.11. The molecule has 0 saturated carbocycles. The monoisotopic (exact) mass is 233 g/mol. The molecular formula is C13H16FN3. The number of nitriles is 1. The standard InChI is InChI=1S/C13H16FN3/c1-2-16-5-7-17(8-6-16)13-4-3-11(10-15)9-12(13)14/h3-4,9H,2,5-8H2,1H3. The Kier molecular flexibility index (Phi) is 3.60. The Hall–Kier alpha value is -1.60. The van der Waals surface area contributed by atoms with Crippen LogP contribution in [0.4, 0.5) is 10.1 Å². The number of nitrogens with zero attached hydrogens (tertiary/aromatic N) is 3. The third-order valence-electron chi connectivity index (χ3n) is 3.24. The highest BCUT2D eigenvalue weighted by Crippen LogP contribution is 2.21. The summed E-state index contributed by atoms with van der Waals surface area (Å²) < 4.78 is 13.8. The first kappa shape index (κ1) is 11.9. The van der Waals surface area contributed by atoms with Crippen LogP contribution in [0.3, 0.4) is 0 Å². The van der Waals surface area contributed by atoms with E-state index in [4.69, 9.17) is 5.26 Å². The predicted molar refractivity (Wildman–Crippen MR) is 65.4 cm³/mol. The fourth-order valence-electron chi connectivity index (χ4n) is 2.14. The third kappa shape index (κ3) is 2.56. The van der Waals surface area contributed by atoms with Gasteiger partial charge in [-0.15, -0.1) is 0 Å². The Morgan fingerprint density at radius 2 is 2.00 bits per heavy atom. The molecule has 1 saturated heterocycles. The van der Waals surface area contributed by atoms with Crippen LogP contribution < -0.4 is 4.90 Å². The first-order chi connectivity index (χ1) is 8.24. The molecule has 0 bridgehead atoms. The molecule has 0 atom stereocenters. The summed E-state index contributed by atoms with van der Waals surface area (Å²) in [5.41, 5.74) is 0.984. The van der Waals surface area contributed by atoms with E-state index in [-0.39, 0.29) is 5.82 Å². The van der Waals surface area contributed by atoms with E-state index in [1.807, 2.05) is 11.0 Å². The average molecular weight is 233 g/mol. The Bertz CT molecular complexity index is 431. The van der Waals surface area contributed by atoms with Crippen LogP contribution in [-0.2, 0) is 0 Å². The van der Waals surface area contributed by atoms with Crippen LogP contribution in [0.5, 0.6) is 0 Å². The van der Waals surface area contributed by atoms with Gasteiger partial charge in [0, 0.05) is 26.2 Å². The smallest absolute Gasteiger partial charge is 0.147 e. The van der Waals surface area contributed by atoms with Gasteiger partial charge in [0.1, 0.15) is 5.82 Å². The number of rotatable bonds is 2. The molecule has 4 heteroatoms. The zero-order valence-electron chi connectivity index (χ0n) is 9.99. The van der Waals surface area contributed by atoms with Crippen molar-refractivity contribution >= 4 is 5.69 Å². The molecule has 1 aromatic rings. The van der Waals surface area contributed by atoms with E-state index in [1.54, 1.807) is 12.1 Å². The number of halogens is 1. The van der Waals surface area contributed by atoms with Crippen molar-refractivity contribution in [1.82, 2.24) is 4.90 Å². The molecule has 0 spiro atoms. The zero-order chi connectivity index (χ0) is 12.3. The molecule has 1 heterocycles. The highest BCUT2D eigenvalue weighted by atomic mass is 19.1. The van der Waals surface area contributed by atoms with Gasteiger partial charge < -0.3 is 9.80 Å². The SMILES string of the molecule is CCN1CCN(c2ccc(C#N)cc2F)CC1. The minimum Gasteiger partial charge on any atom is -0.367 e. The fraction of sp³-hybridized carbons (Fsp3) is 0.462. The Labute approximate surface area is 101 Å². The molecule has 3 nitrogen and oxygen atoms in total. The van der Waals surface area contributed by atoms with Crippen LogP contribution in [0, 0.1) is 17.1 Å². The molecule has 0 aromatic heterocycles. The largest absolute Gasteiger partial charge is 0.367 e. The molecule has 0 radical (unpaired) electrons. The third-order valence-corrected chi connectivity index (χ3v) is 3.24. The Morgan fingerprint density at radius 3 is 2.53 bits per heavy atom. The summed E-state index contributed by atoms with van der Waals surface area (Å²) in [4.78, 5) is 4.39. The van der Waals surface area contributed by atoms with E-state index >= 15 is 0 Å². The summed E-state index contributed by atoms with van der Waals surface area (Å²) in [6.45, 7) is 6.81. The van der Waals surface area contributed by atoms with Gasteiger partial charge in [-0.1, -0.05) is 6.92 Å². The lowest BCUT2D eigenvalue weighted by Crippen LogP contribution is -2.46. The first-order valence-electron chi connectivity index (χ1n) is 5.91. The van der Waals surface area contributed by atoms with Crippen LogP contribution in [0.25, 0.3) is 0 Å². The second-order valence-electron chi connectivity index (χ2n) is 4.20. The fourth-order valence-corrected chi connectivity index (χ4v) is 2.14. The van der Waals surface area contributed by atoms with Crippen molar-refractivity contribution in [1.29, 1.82) is 5.26 Å². The molecule has 0 N–H and O–H groups in total. The van der Waals surface area contributed by atoms with Crippen LogP contribution in [0.2, 0.25) is 0 Å². The van der Waals surface area contributed by atoms with Crippen molar-refractivity contribution in [2.24, 2.45) is 0 Å². The number of anilines is 1. The van der Waals surface area contributed by atoms with Gasteiger partial charge in [-0.3, -0.25) is 0 Å². The quantitative estimate of drug-likeness (QED) is 0.780. The predicted octanol–water partition coefficient (Wildman–Crippen LogP) is 1.84. The summed E-state index contributed by atoms with van der Waals surface area (Å²) in [5, 5.41) is 8.69. The normalized spacial score (nSPS) is 16.9. The lowest BCUT2D eigenvalue weighted by molar-refractivity contribution is 0.270. The number of hydrogen-bond acceptors (Lipinski definition) is 3. The molecule has 90 valence electrons. The van der Waals surface area contributed by atoms with E-state index < -0.39 is 0 Å². The van der Waals surface area contributed by atoms with E-state index in [9.17, 15) is 4.39 Å². The molecule has 2 rings (SSSR count). The van der Waals surface area contributed by atoms with E-state index in [0.29, 0.717) is 11.3 Å². The minimum atomic E-state index is -0.297. The van der Waals surface area contributed by atoms with Gasteiger partial charge in [0.15, 0.2) is 0 Å². The second kappa shape index (κ2) is 5.15. The zero-order valence-corrected chi connectivity index (χ0v) is 9.99. The highest BCUT2D eigenvalue weighted by Gasteiger charge is 2.18. The summed E-state index contributed by atoms with van der Waals surface area (Å²) in [7, 11) is 0. The number of benzene rings is 1. The summed E-state index contributed by atoms with van der Waals surface area (Å²) >= 11 is 0. The van der Waals surface area contributed by atoms with Crippen LogP contribution >= 0.6 is 0 Å². The van der Waals surface area contributed by atoms with E-state index in [2.05, 4.69) is 11.8 Å². The van der Waals surface area contributed by atoms with Crippen molar-refractivity contribution in [3.8, 4) is 6.07 Å². The van der Waals surface area contributed by atoms with Gasteiger partial charge in [-0.05, 0) is 24.7 Å². The van der Waals surface area contributed by atoms with Crippen LogP contribution in [0.1, 0.15) is 12.5 Å². The molecule has 1 fully saturated rings. The van der Waals surface area contributed by atoms with Gasteiger partial charge in [-0.2, -0.15) is 5.26 Å². The van der Waals surface area contributed by atoms with Crippen molar-refractivity contribution in [2.45, 2.75) is 6.92 Å². The van der Waals surface area contributed by atoms with Gasteiger partial charge in [0.2, 0.25) is 0 Å². The second-order valence-corrected chi connectivity index (χ2v) is 4.20. The maximum atomic E-state index is 13.8. The molecule has 0 amide bonds. The molecule has 1 aliphatic heterocycles. The molecule has 0 aliphatic carbocycles. The number of hydrogen-bond donors (Lipinski definition) is 0. The van der Waals surface area contributed by atoms with Gasteiger partial charge in [-0.25, -0.2) is 4.39 Å². The average Bonchev–Trinajstić information content (AvgIpc) is 2.39. The maximum absolute atomic E-state index is 13.8. The highest BCUT2D eigenvalue weighted by molar-refractivity contribution is 5.51. The molecular weight excluding hydrogens is 217 g/mol. The van der Waals surface area contributed by atoms with Crippen LogP contribution in [0.15, 0.2) is 18.2 Å². The number of piperazine rings is 1. The van der Waals surface area contributed by atoms with Crippen molar-refractivity contribution < 1.29 is 4.39 Å². The minimum absolute atomic E-state index is 0.297. The van der Waals surface area contributed by atoms with Gasteiger partial charge in [0.25, 0.3) is 0 Å². The van der Waals surface area contributed by atoms with E-state index in [1.165, 1.54) is 6.07 Å².